The topological polar surface area (TPSA) is 109 Å². The summed E-state index contributed by atoms with van der Waals surface area (Å²) in [5, 5.41) is 10.7. The van der Waals surface area contributed by atoms with E-state index in [0.717, 1.165) is 25.7 Å². The van der Waals surface area contributed by atoms with Crippen LogP contribution in [-0.4, -0.2) is 35.4 Å². The number of carbonyl (C=O) groups excluding carboxylic acids is 3. The van der Waals surface area contributed by atoms with Crippen LogP contribution in [0.15, 0.2) is 29.6 Å². The first kappa shape index (κ1) is 19.5. The van der Waals surface area contributed by atoms with Crippen molar-refractivity contribution in [1.29, 1.82) is 0 Å². The lowest BCUT2D eigenvalue weighted by atomic mass is 10.2. The van der Waals surface area contributed by atoms with E-state index in [1.165, 1.54) is 11.3 Å². The first-order valence-corrected chi connectivity index (χ1v) is 10.5. The Hall–Kier alpha value is -2.78. The van der Waals surface area contributed by atoms with Crippen LogP contribution in [0.1, 0.15) is 31.4 Å². The van der Waals surface area contributed by atoms with E-state index < -0.39 is 0 Å². The number of rotatable bonds is 7. The largest absolute Gasteiger partial charge is 0.368 e. The number of nitrogens with one attached hydrogen (secondary N) is 3. The molecule has 3 N–H and O–H groups in total. The predicted octanol–water partition coefficient (Wildman–Crippen LogP) is 2.79. The quantitative estimate of drug-likeness (QED) is 0.645. The van der Waals surface area contributed by atoms with Crippen LogP contribution in [-0.2, 0) is 25.5 Å². The Kier molecular flexibility index (Phi) is 5.86. The highest BCUT2D eigenvalue weighted by molar-refractivity contribution is 7.13. The number of ether oxygens (including phenoxy) is 1. The summed E-state index contributed by atoms with van der Waals surface area (Å²) in [5.41, 5.74) is 1.89. The number of benzene rings is 1. The monoisotopic (exact) mass is 414 g/mol. The van der Waals surface area contributed by atoms with Gasteiger partial charge in [0, 0.05) is 29.3 Å². The third-order valence-electron chi connectivity index (χ3n) is 4.73. The lowest BCUT2D eigenvalue weighted by molar-refractivity contribution is -0.124. The molecule has 9 heteroatoms. The molecule has 1 atom stereocenters. The molecule has 8 nitrogen and oxygen atoms in total. The van der Waals surface area contributed by atoms with Gasteiger partial charge in [0.25, 0.3) is 5.91 Å². The Balaban J connectivity index is 1.25. The van der Waals surface area contributed by atoms with Gasteiger partial charge < -0.3 is 20.7 Å². The molecule has 1 aromatic carbocycles. The predicted molar refractivity (Wildman–Crippen MR) is 110 cm³/mol. The van der Waals surface area contributed by atoms with Crippen molar-refractivity contribution in [1.82, 2.24) is 4.98 Å². The van der Waals surface area contributed by atoms with Crippen molar-refractivity contribution in [2.45, 2.75) is 38.2 Å². The molecule has 2 fully saturated rings. The van der Waals surface area contributed by atoms with Crippen molar-refractivity contribution in [3.05, 3.63) is 35.3 Å². The maximum atomic E-state index is 12.2. The van der Waals surface area contributed by atoms with Crippen LogP contribution in [0, 0.1) is 5.92 Å². The second-order valence-electron chi connectivity index (χ2n) is 7.20. The molecular weight excluding hydrogens is 392 g/mol. The zero-order valence-electron chi connectivity index (χ0n) is 15.8. The van der Waals surface area contributed by atoms with Crippen molar-refractivity contribution in [3.8, 4) is 0 Å². The molecule has 1 saturated carbocycles. The molecule has 2 heterocycles. The zero-order valence-corrected chi connectivity index (χ0v) is 16.6. The van der Waals surface area contributed by atoms with E-state index in [1.807, 2.05) is 0 Å². The minimum absolute atomic E-state index is 0.00188. The van der Waals surface area contributed by atoms with Crippen molar-refractivity contribution in [2.24, 2.45) is 5.92 Å². The number of anilines is 3. The van der Waals surface area contributed by atoms with Crippen LogP contribution in [0.4, 0.5) is 16.5 Å². The Morgan fingerprint density at radius 1 is 1.00 bits per heavy atom. The van der Waals surface area contributed by atoms with Crippen LogP contribution >= 0.6 is 11.3 Å². The van der Waals surface area contributed by atoms with Crippen LogP contribution in [0.25, 0.3) is 0 Å². The van der Waals surface area contributed by atoms with E-state index in [1.54, 1.807) is 29.6 Å². The van der Waals surface area contributed by atoms with Crippen LogP contribution in [0.5, 0.6) is 0 Å². The lowest BCUT2D eigenvalue weighted by Crippen LogP contribution is -2.26. The molecular formula is C20H22N4O4S. The normalized spacial score (nSPS) is 18.3. The maximum Gasteiger partial charge on any atom is 0.253 e. The van der Waals surface area contributed by atoms with Gasteiger partial charge in [-0.2, -0.15) is 0 Å². The fourth-order valence-electron chi connectivity index (χ4n) is 3.01. The first-order valence-electron chi connectivity index (χ1n) is 9.64. The SMILES string of the molecule is O=C(Cc1csc(NC(=O)C2CC2)n1)Nc1ccc(NC(=O)C2CCCO2)cc1. The molecule has 4 rings (SSSR count). The smallest absolute Gasteiger partial charge is 0.253 e. The van der Waals surface area contributed by atoms with Gasteiger partial charge in [0.15, 0.2) is 5.13 Å². The van der Waals surface area contributed by atoms with E-state index in [4.69, 9.17) is 4.74 Å². The van der Waals surface area contributed by atoms with Gasteiger partial charge in [-0.3, -0.25) is 14.4 Å². The molecule has 3 amide bonds. The first-order chi connectivity index (χ1) is 14.1. The summed E-state index contributed by atoms with van der Waals surface area (Å²) in [5.74, 6) is -0.231. The highest BCUT2D eigenvalue weighted by Crippen LogP contribution is 2.30. The van der Waals surface area contributed by atoms with Gasteiger partial charge in [-0.15, -0.1) is 11.3 Å². The number of carbonyl (C=O) groups is 3. The lowest BCUT2D eigenvalue weighted by Gasteiger charge is -2.11. The Labute approximate surface area is 172 Å². The van der Waals surface area contributed by atoms with Gasteiger partial charge in [-0.05, 0) is 49.9 Å². The minimum atomic E-state index is -0.383. The highest BCUT2D eigenvalue weighted by atomic mass is 32.1. The summed E-state index contributed by atoms with van der Waals surface area (Å²) in [4.78, 5) is 40.4. The standard InChI is InChI=1S/C20H22N4O4S/c25-17(10-15-11-29-20(23-15)24-18(26)12-3-4-12)21-13-5-7-14(8-6-13)22-19(27)16-2-1-9-28-16/h5-8,11-12,16H,1-4,9-10H2,(H,21,25)(H,22,27)(H,23,24,26). The van der Waals surface area contributed by atoms with E-state index in [0.29, 0.717) is 28.8 Å². The third-order valence-corrected chi connectivity index (χ3v) is 5.54. The van der Waals surface area contributed by atoms with Gasteiger partial charge >= 0.3 is 0 Å². The third kappa shape index (κ3) is 5.39. The van der Waals surface area contributed by atoms with E-state index >= 15 is 0 Å². The summed E-state index contributed by atoms with van der Waals surface area (Å²) in [6.07, 6.45) is 3.24. The average Bonchev–Trinajstić information content (AvgIpc) is 3.23. The van der Waals surface area contributed by atoms with E-state index in [-0.39, 0.29) is 36.2 Å². The Morgan fingerprint density at radius 3 is 2.38 bits per heavy atom. The number of aromatic nitrogens is 1. The molecule has 152 valence electrons. The van der Waals surface area contributed by atoms with Gasteiger partial charge in [0.1, 0.15) is 6.10 Å². The average molecular weight is 414 g/mol. The van der Waals surface area contributed by atoms with Gasteiger partial charge in [0.2, 0.25) is 11.8 Å². The van der Waals surface area contributed by atoms with Gasteiger partial charge in [0.05, 0.1) is 12.1 Å². The molecule has 1 saturated heterocycles. The van der Waals surface area contributed by atoms with Crippen LogP contribution in [0.3, 0.4) is 0 Å². The van der Waals surface area contributed by atoms with Crippen molar-refractivity contribution in [2.75, 3.05) is 22.6 Å². The molecule has 0 spiro atoms. The second kappa shape index (κ2) is 8.71. The summed E-state index contributed by atoms with van der Waals surface area (Å²) < 4.78 is 5.36. The number of amides is 3. The molecule has 1 aliphatic carbocycles. The van der Waals surface area contributed by atoms with Gasteiger partial charge in [-0.25, -0.2) is 4.98 Å². The van der Waals surface area contributed by atoms with Crippen molar-refractivity contribution >= 4 is 45.6 Å². The number of nitrogens with zero attached hydrogens (tertiary/aromatic N) is 1. The van der Waals surface area contributed by atoms with Crippen molar-refractivity contribution < 1.29 is 19.1 Å². The van der Waals surface area contributed by atoms with Crippen molar-refractivity contribution in [3.63, 3.8) is 0 Å². The molecule has 2 aliphatic rings. The maximum absolute atomic E-state index is 12.2. The van der Waals surface area contributed by atoms with E-state index in [9.17, 15) is 14.4 Å². The molecule has 2 aromatic rings. The van der Waals surface area contributed by atoms with Gasteiger partial charge in [-0.1, -0.05) is 0 Å². The highest BCUT2D eigenvalue weighted by Gasteiger charge is 2.30. The molecule has 29 heavy (non-hydrogen) atoms. The molecule has 1 aliphatic heterocycles. The number of hydrogen-bond donors (Lipinski definition) is 3. The summed E-state index contributed by atoms with van der Waals surface area (Å²) in [6.45, 7) is 0.621. The zero-order chi connectivity index (χ0) is 20.2. The minimum Gasteiger partial charge on any atom is -0.368 e. The van der Waals surface area contributed by atoms with Crippen LogP contribution < -0.4 is 16.0 Å². The molecule has 0 radical (unpaired) electrons. The Bertz CT molecular complexity index is 901. The molecule has 0 bridgehead atoms. The van der Waals surface area contributed by atoms with E-state index in [2.05, 4.69) is 20.9 Å². The molecule has 1 unspecified atom stereocenters. The Morgan fingerprint density at radius 2 is 1.72 bits per heavy atom. The second-order valence-corrected chi connectivity index (χ2v) is 8.06. The summed E-state index contributed by atoms with van der Waals surface area (Å²) in [7, 11) is 0. The summed E-state index contributed by atoms with van der Waals surface area (Å²) in [6, 6.07) is 6.92. The molecule has 1 aromatic heterocycles. The number of hydrogen-bond acceptors (Lipinski definition) is 6. The fraction of sp³-hybridized carbons (Fsp3) is 0.400. The number of thiazole rings is 1. The fourth-order valence-corrected chi connectivity index (χ4v) is 3.73. The van der Waals surface area contributed by atoms with Crippen LogP contribution in [0.2, 0.25) is 0 Å². The summed E-state index contributed by atoms with van der Waals surface area (Å²) >= 11 is 1.32.